The smallest absolute Gasteiger partial charge is 0.309 e. The van der Waals surface area contributed by atoms with E-state index in [1.807, 2.05) is 69.2 Å². The van der Waals surface area contributed by atoms with E-state index in [2.05, 4.69) is 10.6 Å². The Kier molecular flexibility index (Phi) is 18.6. The minimum atomic E-state index is -1.65. The molecule has 0 aromatic carbocycles. The van der Waals surface area contributed by atoms with Gasteiger partial charge in [0.2, 0.25) is 11.7 Å². The van der Waals surface area contributed by atoms with Crippen LogP contribution in [0.4, 0.5) is 0 Å². The molecule has 0 bridgehead atoms. The van der Waals surface area contributed by atoms with Gasteiger partial charge in [-0.25, -0.2) is 0 Å². The average molecular weight is 1030 g/mol. The third kappa shape index (κ3) is 11.4. The summed E-state index contributed by atoms with van der Waals surface area (Å²) in [4.78, 5) is 53.9. The van der Waals surface area contributed by atoms with E-state index in [1.165, 1.54) is 0 Å². The summed E-state index contributed by atoms with van der Waals surface area (Å²) in [5, 5.41) is 79.0. The number of aliphatic hydroxyl groups excluding tert-OH is 5. The molecule has 1 amide bonds. The maximum Gasteiger partial charge on any atom is 0.309 e. The number of esters is 1. The number of ether oxygens (including phenoxy) is 6. The molecule has 6 heterocycles. The molecule has 6 aliphatic heterocycles. The van der Waals surface area contributed by atoms with E-state index in [0.717, 1.165) is 6.42 Å². The third-order valence-corrected chi connectivity index (χ3v) is 18.3. The van der Waals surface area contributed by atoms with Gasteiger partial charge in [-0.1, -0.05) is 55.4 Å². The molecule has 72 heavy (non-hydrogen) atoms. The zero-order valence-corrected chi connectivity index (χ0v) is 44.5. The Labute approximate surface area is 425 Å². The van der Waals surface area contributed by atoms with Crippen molar-refractivity contribution in [1.29, 1.82) is 0 Å². The van der Waals surface area contributed by atoms with Crippen LogP contribution in [-0.4, -0.2) is 162 Å². The molecule has 6 rings (SSSR count). The highest BCUT2D eigenvalue weighted by Crippen LogP contribution is 2.56. The van der Waals surface area contributed by atoms with E-state index in [9.17, 15) is 54.9 Å². The molecule has 5 saturated heterocycles. The fraction of sp³-hybridized carbons (Fsp3) is 0.887. The summed E-state index contributed by atoms with van der Waals surface area (Å²) in [6, 6.07) is -1.02. The molecule has 19 nitrogen and oxygen atoms in total. The summed E-state index contributed by atoms with van der Waals surface area (Å²) in [6.45, 7) is 20.5. The molecule has 0 aliphatic carbocycles. The SMILES string of the molecule is CC[C@@H](C(=O)O)[C@H]1CC[C@H](C)[C@H]([C@@H](C)[C@H](O)[C@H](C)C(=O)[C@H](CC)[C@@]2(C)O[C@@]3(C=C[C@@H](OC(=O)CCC(=O)N[C@@H]4N[C@@H](CO)[C@@H](O)[C@@H](O)[C@H]4O)[C@@]4(CCC([C@@]5(C)CC[C@](O)(CC)[C@H](C)O5)O4)O3)[C@H](C)C[C@@H]2C)O1. The van der Waals surface area contributed by atoms with Gasteiger partial charge in [0, 0.05) is 36.5 Å². The van der Waals surface area contributed by atoms with Crippen LogP contribution in [-0.2, 0) is 47.6 Å². The summed E-state index contributed by atoms with van der Waals surface area (Å²) >= 11 is 0. The Hall–Kier alpha value is -2.66. The number of hydrogen-bond acceptors (Lipinski definition) is 17. The first kappa shape index (κ1) is 58.6. The number of carboxylic acid groups (broad SMARTS) is 1. The first-order valence-electron chi connectivity index (χ1n) is 26.9. The standard InChI is InChI=1S/C53H88N2O17/c1-12-33(48(64)65)36-16-15-27(4)46(67-36)31(8)41(59)30(7)42(60)34(13-2)50(11)28(5)25-29(6)52(71-50)21-20-38(53(72-52)22-19-37(70-53)49(10)23-24-51(66,14-3)32(9)69-49)68-40(58)18-17-39(57)55-47-45(63)44(62)43(61)35(26-56)54-47/h20-21,27-38,41,43-47,54,56,59,61-63,66H,12-19,22-26H2,1-11H3,(H,55,57)(H,64,65)/t27-,28-,29+,30-,31-,32-,33+,34-,35-,36+,37?,38+,41+,43+,44+,45+,46+,47-,49+,50-,51+,52+,53+/m0/s1. The number of carboxylic acids is 1. The molecule has 0 saturated carbocycles. The fourth-order valence-corrected chi connectivity index (χ4v) is 13.0. The van der Waals surface area contributed by atoms with Crippen molar-refractivity contribution >= 4 is 23.6 Å². The second-order valence-corrected chi connectivity index (χ2v) is 22.9. The highest BCUT2D eigenvalue weighted by Gasteiger charge is 2.65. The molecule has 9 N–H and O–H groups in total. The van der Waals surface area contributed by atoms with Crippen molar-refractivity contribution in [2.24, 2.45) is 41.4 Å². The van der Waals surface area contributed by atoms with Crippen molar-refractivity contribution in [2.75, 3.05) is 6.61 Å². The Morgan fingerprint density at radius 2 is 1.57 bits per heavy atom. The van der Waals surface area contributed by atoms with Gasteiger partial charge >= 0.3 is 11.9 Å². The third-order valence-electron chi connectivity index (χ3n) is 18.3. The monoisotopic (exact) mass is 1020 g/mol. The van der Waals surface area contributed by atoms with Crippen LogP contribution in [0.25, 0.3) is 0 Å². The Bertz CT molecular complexity index is 1940. The number of carbonyl (C=O) groups is 4. The van der Waals surface area contributed by atoms with E-state index in [4.69, 9.17) is 28.4 Å². The zero-order valence-electron chi connectivity index (χ0n) is 44.5. The molecule has 1 unspecified atom stereocenters. The number of piperidine rings is 1. The molecule has 19 heteroatoms. The van der Waals surface area contributed by atoms with Gasteiger partial charge in [0.1, 0.15) is 30.3 Å². The molecule has 6 aliphatic rings. The quantitative estimate of drug-likeness (QED) is 0.0702. The summed E-state index contributed by atoms with van der Waals surface area (Å²) in [6.07, 6.45) is -2.80. The fourth-order valence-electron chi connectivity index (χ4n) is 13.0. The number of hydrogen-bond donors (Lipinski definition) is 9. The van der Waals surface area contributed by atoms with E-state index in [0.29, 0.717) is 51.4 Å². The van der Waals surface area contributed by atoms with Crippen LogP contribution in [0, 0.1) is 41.4 Å². The number of amides is 1. The summed E-state index contributed by atoms with van der Waals surface area (Å²) in [7, 11) is 0. The second kappa shape index (κ2) is 22.9. The van der Waals surface area contributed by atoms with Crippen LogP contribution in [0.3, 0.4) is 0 Å². The first-order chi connectivity index (χ1) is 33.7. The predicted molar refractivity (Wildman–Crippen MR) is 260 cm³/mol. The topological polar surface area (TPSA) is 289 Å². The second-order valence-electron chi connectivity index (χ2n) is 22.9. The van der Waals surface area contributed by atoms with Gasteiger partial charge in [-0.3, -0.25) is 24.5 Å². The van der Waals surface area contributed by atoms with Crippen molar-refractivity contribution in [2.45, 2.75) is 249 Å². The summed E-state index contributed by atoms with van der Waals surface area (Å²) in [5.41, 5.74) is -3.02. The Morgan fingerprint density at radius 1 is 0.875 bits per heavy atom. The Morgan fingerprint density at radius 3 is 2.18 bits per heavy atom. The molecule has 0 aromatic heterocycles. The lowest BCUT2D eigenvalue weighted by Crippen LogP contribution is -2.70. The van der Waals surface area contributed by atoms with Gasteiger partial charge in [-0.05, 0) is 103 Å². The van der Waals surface area contributed by atoms with E-state index >= 15 is 0 Å². The van der Waals surface area contributed by atoms with Gasteiger partial charge in [0.15, 0.2) is 11.9 Å². The van der Waals surface area contributed by atoms with Crippen LogP contribution >= 0.6 is 0 Å². The van der Waals surface area contributed by atoms with Gasteiger partial charge in [-0.15, -0.1) is 0 Å². The normalized spacial score (nSPS) is 44.4. The van der Waals surface area contributed by atoms with Crippen molar-refractivity contribution in [3.8, 4) is 0 Å². The van der Waals surface area contributed by atoms with Gasteiger partial charge in [0.05, 0.1) is 72.3 Å². The van der Waals surface area contributed by atoms with Gasteiger partial charge < -0.3 is 69.5 Å². The van der Waals surface area contributed by atoms with Crippen LogP contribution in [0.2, 0.25) is 0 Å². The summed E-state index contributed by atoms with van der Waals surface area (Å²) < 4.78 is 40.7. The van der Waals surface area contributed by atoms with Crippen molar-refractivity contribution in [3.05, 3.63) is 12.2 Å². The van der Waals surface area contributed by atoms with Crippen LogP contribution < -0.4 is 10.6 Å². The number of nitrogens with one attached hydrogen (secondary N) is 2. The number of ketones is 1. The lowest BCUT2D eigenvalue weighted by Gasteiger charge is -2.58. The Balaban J connectivity index is 1.23. The molecular formula is C53H88N2O17. The number of carbonyl (C=O) groups excluding carboxylic acids is 3. The number of Topliss-reactive ketones (excluding diaryl/α,β-unsaturated/α-hetero) is 1. The maximum atomic E-state index is 15.0. The van der Waals surface area contributed by atoms with Gasteiger partial charge in [-0.2, -0.15) is 0 Å². The molecule has 23 atom stereocenters. The van der Waals surface area contributed by atoms with E-state index in [-0.39, 0.29) is 36.4 Å². The van der Waals surface area contributed by atoms with E-state index in [1.54, 1.807) is 19.1 Å². The number of aliphatic carboxylic acids is 1. The highest BCUT2D eigenvalue weighted by molar-refractivity contribution is 5.85. The highest BCUT2D eigenvalue weighted by atomic mass is 16.8. The minimum absolute atomic E-state index is 0.0346. The molecule has 0 radical (unpaired) electrons. The maximum absolute atomic E-state index is 15.0. The van der Waals surface area contributed by atoms with Crippen molar-refractivity contribution in [3.63, 3.8) is 0 Å². The first-order valence-corrected chi connectivity index (χ1v) is 26.9. The molecule has 0 aromatic rings. The average Bonchev–Trinajstić information content (AvgIpc) is 3.77. The summed E-state index contributed by atoms with van der Waals surface area (Å²) in [5.74, 6) is -8.82. The minimum Gasteiger partial charge on any atom is -0.481 e. The van der Waals surface area contributed by atoms with Crippen LogP contribution in [0.1, 0.15) is 153 Å². The largest absolute Gasteiger partial charge is 0.481 e. The van der Waals surface area contributed by atoms with Crippen molar-refractivity contribution < 1.29 is 83.3 Å². The lowest BCUT2D eigenvalue weighted by atomic mass is 9.66. The molecule has 5 fully saturated rings. The van der Waals surface area contributed by atoms with Crippen molar-refractivity contribution in [1.82, 2.24) is 10.6 Å². The lowest BCUT2D eigenvalue weighted by molar-refractivity contribution is -0.418. The number of rotatable bonds is 18. The molecule has 412 valence electrons. The van der Waals surface area contributed by atoms with Crippen LogP contribution in [0.5, 0.6) is 0 Å². The van der Waals surface area contributed by atoms with Crippen LogP contribution in [0.15, 0.2) is 12.2 Å². The number of aliphatic hydroxyl groups is 6. The molecule has 2 spiro atoms. The predicted octanol–water partition coefficient (Wildman–Crippen LogP) is 3.40. The van der Waals surface area contributed by atoms with Gasteiger partial charge in [0.25, 0.3) is 0 Å². The zero-order chi connectivity index (χ0) is 53.5. The van der Waals surface area contributed by atoms with E-state index < -0.39 is 150 Å². The molecular weight excluding hydrogens is 937 g/mol.